The van der Waals surface area contributed by atoms with Gasteiger partial charge in [-0.15, -0.1) is 11.3 Å². The molecule has 5 nitrogen and oxygen atoms in total. The van der Waals surface area contributed by atoms with Crippen LogP contribution in [0, 0.1) is 6.92 Å². The number of carboxylic acids is 1. The molecule has 1 heterocycles. The number of hydrogen-bond acceptors (Lipinski definition) is 4. The fourth-order valence-corrected chi connectivity index (χ4v) is 6.40. The average molecular weight is 382 g/mol. The number of aliphatic carboxylic acids is 1. The number of nitrogens with zero attached hydrogens (tertiary/aromatic N) is 1. The highest BCUT2D eigenvalue weighted by Gasteiger charge is 2.35. The van der Waals surface area contributed by atoms with Gasteiger partial charge in [0, 0.05) is 6.04 Å². The maximum absolute atomic E-state index is 12.7. The molecule has 0 aliphatic heterocycles. The lowest BCUT2D eigenvalue weighted by molar-refractivity contribution is -0.137. The summed E-state index contributed by atoms with van der Waals surface area (Å²) in [5, 5.41) is 9.00. The molecule has 112 valence electrons. The number of hydrogen-bond donors (Lipinski definition) is 1. The number of sulfonamides is 1. The third-order valence-corrected chi connectivity index (χ3v) is 7.90. The maximum atomic E-state index is 12.7. The number of aryl methyl sites for hydroxylation is 1. The van der Waals surface area contributed by atoms with Crippen LogP contribution in [-0.2, 0) is 14.8 Å². The van der Waals surface area contributed by atoms with E-state index in [-0.39, 0.29) is 10.3 Å². The second kappa shape index (κ2) is 6.13. The van der Waals surface area contributed by atoms with Crippen LogP contribution in [-0.4, -0.2) is 36.4 Å². The Labute approximate surface area is 130 Å². The summed E-state index contributed by atoms with van der Waals surface area (Å²) in [7, 11) is -3.74. The van der Waals surface area contributed by atoms with Crippen molar-refractivity contribution in [2.24, 2.45) is 0 Å². The lowest BCUT2D eigenvalue weighted by atomic mass is 10.2. The van der Waals surface area contributed by atoms with Crippen LogP contribution in [0.5, 0.6) is 0 Å². The Morgan fingerprint density at radius 3 is 2.55 bits per heavy atom. The molecule has 0 spiro atoms. The standard InChI is InChI=1S/C12H16BrNO4S2/c1-8-6-11(19-12(8)13)20(17,18)14(7-10(15)16)9-4-2-3-5-9/h6,9H,2-5,7H2,1H3,(H,15,16). The second-order valence-electron chi connectivity index (χ2n) is 4.90. The van der Waals surface area contributed by atoms with Crippen molar-refractivity contribution in [2.75, 3.05) is 6.54 Å². The van der Waals surface area contributed by atoms with Gasteiger partial charge in [0.2, 0.25) is 0 Å². The highest BCUT2D eigenvalue weighted by molar-refractivity contribution is 9.11. The van der Waals surface area contributed by atoms with E-state index in [0.29, 0.717) is 0 Å². The molecular weight excluding hydrogens is 366 g/mol. The van der Waals surface area contributed by atoms with Gasteiger partial charge in [-0.3, -0.25) is 4.79 Å². The number of carbonyl (C=O) groups is 1. The predicted molar refractivity (Wildman–Crippen MR) is 80.5 cm³/mol. The minimum absolute atomic E-state index is 0.197. The second-order valence-corrected chi connectivity index (χ2v) is 9.39. The van der Waals surface area contributed by atoms with Gasteiger partial charge in [0.15, 0.2) is 0 Å². The average Bonchev–Trinajstić information content (AvgIpc) is 2.97. The van der Waals surface area contributed by atoms with Crippen molar-refractivity contribution in [3.8, 4) is 0 Å². The first-order valence-electron chi connectivity index (χ1n) is 6.32. The summed E-state index contributed by atoms with van der Waals surface area (Å²) in [6, 6.07) is 1.39. The lowest BCUT2D eigenvalue weighted by Gasteiger charge is -2.25. The molecule has 1 aliphatic carbocycles. The smallest absolute Gasteiger partial charge is 0.318 e. The summed E-state index contributed by atoms with van der Waals surface area (Å²) in [5.74, 6) is -1.12. The largest absolute Gasteiger partial charge is 0.480 e. The van der Waals surface area contributed by atoms with E-state index in [1.165, 1.54) is 0 Å². The molecule has 8 heteroatoms. The molecule has 0 amide bonds. The molecule has 0 saturated heterocycles. The fraction of sp³-hybridized carbons (Fsp3) is 0.583. The minimum Gasteiger partial charge on any atom is -0.480 e. The predicted octanol–water partition coefficient (Wildman–Crippen LogP) is 2.84. The van der Waals surface area contributed by atoms with Crippen LogP contribution in [0.25, 0.3) is 0 Å². The van der Waals surface area contributed by atoms with Gasteiger partial charge in [0.1, 0.15) is 10.8 Å². The molecular formula is C12H16BrNO4S2. The third kappa shape index (κ3) is 3.24. The number of halogens is 1. The molecule has 1 saturated carbocycles. The molecule has 1 aliphatic rings. The van der Waals surface area contributed by atoms with Crippen molar-refractivity contribution in [2.45, 2.75) is 42.9 Å². The summed E-state index contributed by atoms with van der Waals surface area (Å²) in [5.41, 5.74) is 0.843. The highest BCUT2D eigenvalue weighted by atomic mass is 79.9. The quantitative estimate of drug-likeness (QED) is 0.850. The minimum atomic E-state index is -3.74. The Balaban J connectivity index is 2.37. The van der Waals surface area contributed by atoms with Crippen LogP contribution < -0.4 is 0 Å². The molecule has 0 atom stereocenters. The van der Waals surface area contributed by atoms with Crippen molar-refractivity contribution in [3.05, 3.63) is 15.4 Å². The van der Waals surface area contributed by atoms with Crippen molar-refractivity contribution < 1.29 is 18.3 Å². The Bertz CT molecular complexity index is 585. The highest BCUT2D eigenvalue weighted by Crippen LogP contribution is 2.35. The van der Waals surface area contributed by atoms with Crippen LogP contribution in [0.15, 0.2) is 14.1 Å². The summed E-state index contributed by atoms with van der Waals surface area (Å²) in [6.07, 6.45) is 3.36. The van der Waals surface area contributed by atoms with Gasteiger partial charge in [-0.25, -0.2) is 8.42 Å². The van der Waals surface area contributed by atoms with E-state index in [1.807, 2.05) is 6.92 Å². The van der Waals surface area contributed by atoms with Gasteiger partial charge >= 0.3 is 5.97 Å². The lowest BCUT2D eigenvalue weighted by Crippen LogP contribution is -2.41. The SMILES string of the molecule is Cc1cc(S(=O)(=O)N(CC(=O)O)C2CCCC2)sc1Br. The summed E-state index contributed by atoms with van der Waals surface area (Å²) in [6.45, 7) is 1.35. The normalized spacial score (nSPS) is 16.9. The van der Waals surface area contributed by atoms with Gasteiger partial charge in [0.25, 0.3) is 10.0 Å². The monoisotopic (exact) mass is 381 g/mol. The molecule has 1 aromatic heterocycles. The summed E-state index contributed by atoms with van der Waals surface area (Å²) < 4.78 is 27.5. The molecule has 2 rings (SSSR count). The van der Waals surface area contributed by atoms with Crippen molar-refractivity contribution >= 4 is 43.3 Å². The van der Waals surface area contributed by atoms with Gasteiger partial charge in [0.05, 0.1) is 3.79 Å². The zero-order valence-electron chi connectivity index (χ0n) is 11.0. The molecule has 1 aromatic rings. The van der Waals surface area contributed by atoms with Crippen LogP contribution in [0.2, 0.25) is 0 Å². The molecule has 20 heavy (non-hydrogen) atoms. The zero-order chi connectivity index (χ0) is 14.9. The fourth-order valence-electron chi connectivity index (χ4n) is 2.41. The van der Waals surface area contributed by atoms with Gasteiger partial charge in [-0.1, -0.05) is 12.8 Å². The van der Waals surface area contributed by atoms with Crippen molar-refractivity contribution in [1.82, 2.24) is 4.31 Å². The Hall–Kier alpha value is -0.440. The van der Waals surface area contributed by atoms with E-state index in [0.717, 1.165) is 50.7 Å². The first-order chi connectivity index (χ1) is 9.32. The van der Waals surface area contributed by atoms with Gasteiger partial charge < -0.3 is 5.11 Å². The van der Waals surface area contributed by atoms with Gasteiger partial charge in [-0.05, 0) is 47.3 Å². The Morgan fingerprint density at radius 1 is 1.50 bits per heavy atom. The Morgan fingerprint density at radius 2 is 2.10 bits per heavy atom. The number of rotatable bonds is 5. The maximum Gasteiger partial charge on any atom is 0.318 e. The molecule has 0 bridgehead atoms. The van der Waals surface area contributed by atoms with Gasteiger partial charge in [-0.2, -0.15) is 4.31 Å². The molecule has 0 unspecified atom stereocenters. The van der Waals surface area contributed by atoms with Crippen LogP contribution >= 0.6 is 27.3 Å². The topological polar surface area (TPSA) is 74.7 Å². The summed E-state index contributed by atoms with van der Waals surface area (Å²) >= 11 is 4.44. The van der Waals surface area contributed by atoms with Crippen molar-refractivity contribution in [3.63, 3.8) is 0 Å². The number of thiophene rings is 1. The molecule has 0 aromatic carbocycles. The van der Waals surface area contributed by atoms with E-state index >= 15 is 0 Å². The third-order valence-electron chi connectivity index (χ3n) is 3.42. The van der Waals surface area contributed by atoms with Crippen LogP contribution in [0.1, 0.15) is 31.2 Å². The van der Waals surface area contributed by atoms with E-state index < -0.39 is 22.5 Å². The van der Waals surface area contributed by atoms with Crippen molar-refractivity contribution in [1.29, 1.82) is 0 Å². The van der Waals surface area contributed by atoms with E-state index in [4.69, 9.17) is 5.11 Å². The van der Waals surface area contributed by atoms with E-state index in [1.54, 1.807) is 6.07 Å². The van der Waals surface area contributed by atoms with Crippen LogP contribution in [0.4, 0.5) is 0 Å². The van der Waals surface area contributed by atoms with Crippen LogP contribution in [0.3, 0.4) is 0 Å². The summed E-state index contributed by atoms with van der Waals surface area (Å²) in [4.78, 5) is 11.0. The molecule has 1 fully saturated rings. The number of carboxylic acid groups (broad SMARTS) is 1. The zero-order valence-corrected chi connectivity index (χ0v) is 14.2. The van der Waals surface area contributed by atoms with E-state index in [9.17, 15) is 13.2 Å². The molecule has 1 N–H and O–H groups in total. The first kappa shape index (κ1) is 15.9. The van der Waals surface area contributed by atoms with E-state index in [2.05, 4.69) is 15.9 Å². The first-order valence-corrected chi connectivity index (χ1v) is 9.37. The molecule has 0 radical (unpaired) electrons. The Kier molecular flexibility index (Phi) is 4.88.